The van der Waals surface area contributed by atoms with Gasteiger partial charge in [0.1, 0.15) is 0 Å². The molecule has 0 bridgehead atoms. The number of ether oxygens (including phenoxy) is 2. The predicted octanol–water partition coefficient (Wildman–Crippen LogP) is 10.6. The lowest BCUT2D eigenvalue weighted by Gasteiger charge is -2.17. The van der Waals surface area contributed by atoms with E-state index in [1.807, 2.05) is 36.4 Å². The van der Waals surface area contributed by atoms with E-state index in [4.69, 9.17) is 13.9 Å². The molecule has 0 radical (unpaired) electrons. The molecule has 3 aromatic rings. The molecule has 0 saturated heterocycles. The van der Waals surface area contributed by atoms with Gasteiger partial charge in [0.15, 0.2) is 22.7 Å². The van der Waals surface area contributed by atoms with E-state index in [-0.39, 0.29) is 5.43 Å². The topological polar surface area (TPSA) is 55.1 Å². The highest BCUT2D eigenvalue weighted by molar-refractivity contribution is 5.94. The molecule has 0 spiro atoms. The Labute approximate surface area is 286 Å². The summed E-state index contributed by atoms with van der Waals surface area (Å²) in [6.45, 7) is 17.4. The first-order valence-corrected chi connectivity index (χ1v) is 19.3. The lowest BCUT2D eigenvalue weighted by atomic mass is 10.1. The summed E-state index contributed by atoms with van der Waals surface area (Å²) in [6.07, 6.45) is 20.0. The van der Waals surface area contributed by atoms with Crippen LogP contribution in [0.5, 0.6) is 11.5 Å². The summed E-state index contributed by atoms with van der Waals surface area (Å²) < 4.78 is 18.7. The first-order chi connectivity index (χ1) is 23.1. The Bertz CT molecular complexity index is 1200. The van der Waals surface area contributed by atoms with Gasteiger partial charge in [-0.3, -0.25) is 4.79 Å². The number of benzene rings is 2. The molecular formula is C41H66N2O4. The number of hydrogen-bond donors (Lipinski definition) is 0. The fourth-order valence-electron chi connectivity index (χ4n) is 6.51. The molecule has 0 aliphatic carbocycles. The maximum absolute atomic E-state index is 13.4. The van der Waals surface area contributed by atoms with Crippen molar-refractivity contribution in [3.63, 3.8) is 0 Å². The van der Waals surface area contributed by atoms with Crippen LogP contribution in [0.2, 0.25) is 0 Å². The van der Waals surface area contributed by atoms with E-state index in [0.717, 1.165) is 51.9 Å². The monoisotopic (exact) mass is 651 g/mol. The molecule has 0 saturated carbocycles. The van der Waals surface area contributed by atoms with Crippen LogP contribution >= 0.6 is 0 Å². The van der Waals surface area contributed by atoms with E-state index >= 15 is 0 Å². The second-order valence-electron chi connectivity index (χ2n) is 13.1. The van der Waals surface area contributed by atoms with Crippen molar-refractivity contribution in [3.05, 3.63) is 46.6 Å². The van der Waals surface area contributed by atoms with Gasteiger partial charge in [0.25, 0.3) is 0 Å². The average molecular weight is 651 g/mol. The van der Waals surface area contributed by atoms with Crippen molar-refractivity contribution in [1.29, 1.82) is 0 Å². The molecule has 6 heteroatoms. The lowest BCUT2D eigenvalue weighted by molar-refractivity contribution is 0.294. The second kappa shape index (κ2) is 23.7. The standard InChI is InChI=1S/C41H66N2O4/c1-5-42(6-2)31-21-17-13-9-11-15-19-23-33-45-37-29-25-27-35-39(44)36-28-26-30-38(41(36)47-40(35)37)46-34-24-20-16-12-10-14-18-22-32-43(7-3)8-4/h25-30H,5-24,31-34H2,1-4H3. The summed E-state index contributed by atoms with van der Waals surface area (Å²) in [7, 11) is 0. The minimum Gasteiger partial charge on any atom is -0.490 e. The van der Waals surface area contributed by atoms with Crippen LogP contribution in [0.15, 0.2) is 45.6 Å². The molecule has 0 N–H and O–H groups in total. The number of para-hydroxylation sites is 2. The number of unbranched alkanes of at least 4 members (excludes halogenated alkanes) is 14. The highest BCUT2D eigenvalue weighted by Crippen LogP contribution is 2.32. The molecule has 0 atom stereocenters. The molecule has 0 unspecified atom stereocenters. The van der Waals surface area contributed by atoms with Crippen LogP contribution in [0.1, 0.15) is 130 Å². The van der Waals surface area contributed by atoms with Gasteiger partial charge in [-0.1, -0.05) is 117 Å². The third-order valence-corrected chi connectivity index (χ3v) is 9.69. The van der Waals surface area contributed by atoms with E-state index < -0.39 is 0 Å². The van der Waals surface area contributed by atoms with E-state index in [1.165, 1.54) is 90.1 Å². The van der Waals surface area contributed by atoms with Gasteiger partial charge in [0, 0.05) is 0 Å². The van der Waals surface area contributed by atoms with Gasteiger partial charge in [-0.25, -0.2) is 0 Å². The maximum Gasteiger partial charge on any atom is 0.200 e. The van der Waals surface area contributed by atoms with Gasteiger partial charge in [-0.2, -0.15) is 0 Å². The average Bonchev–Trinajstić information content (AvgIpc) is 3.10. The van der Waals surface area contributed by atoms with Gasteiger partial charge >= 0.3 is 0 Å². The number of rotatable bonds is 28. The van der Waals surface area contributed by atoms with Crippen molar-refractivity contribution in [2.24, 2.45) is 0 Å². The van der Waals surface area contributed by atoms with Crippen molar-refractivity contribution < 1.29 is 13.9 Å². The van der Waals surface area contributed by atoms with Crippen LogP contribution in [0.3, 0.4) is 0 Å². The fraction of sp³-hybridized carbons (Fsp3) is 0.683. The zero-order chi connectivity index (χ0) is 33.5. The molecule has 1 heterocycles. The van der Waals surface area contributed by atoms with Crippen LogP contribution in [-0.4, -0.2) is 62.3 Å². The lowest BCUT2D eigenvalue weighted by Crippen LogP contribution is -2.23. The largest absolute Gasteiger partial charge is 0.490 e. The van der Waals surface area contributed by atoms with Crippen molar-refractivity contribution in [3.8, 4) is 11.5 Å². The van der Waals surface area contributed by atoms with E-state index in [0.29, 0.717) is 46.7 Å². The third-order valence-electron chi connectivity index (χ3n) is 9.69. The van der Waals surface area contributed by atoms with Crippen LogP contribution in [0.4, 0.5) is 0 Å². The van der Waals surface area contributed by atoms with Crippen LogP contribution < -0.4 is 14.9 Å². The van der Waals surface area contributed by atoms with E-state index in [9.17, 15) is 4.79 Å². The summed E-state index contributed by atoms with van der Waals surface area (Å²) in [5.41, 5.74) is 0.997. The minimum absolute atomic E-state index is 0.0358. The zero-order valence-electron chi connectivity index (χ0n) is 30.5. The van der Waals surface area contributed by atoms with Gasteiger partial charge in [0.2, 0.25) is 5.43 Å². The molecule has 0 aliphatic heterocycles. The molecule has 3 rings (SSSR count). The van der Waals surface area contributed by atoms with Crippen molar-refractivity contribution >= 4 is 21.9 Å². The van der Waals surface area contributed by atoms with E-state index in [1.54, 1.807) is 0 Å². The van der Waals surface area contributed by atoms with Gasteiger partial charge in [0.05, 0.1) is 24.0 Å². The molecule has 1 aromatic heterocycles. The molecule has 264 valence electrons. The van der Waals surface area contributed by atoms with Crippen molar-refractivity contribution in [2.75, 3.05) is 52.5 Å². The SMILES string of the molecule is CCN(CC)CCCCCCCCCCOc1cccc2c(=O)c3cccc(OCCCCCCCCCCN(CC)CC)c3oc12. The van der Waals surface area contributed by atoms with E-state index in [2.05, 4.69) is 37.5 Å². The first kappa shape index (κ1) is 38.9. The van der Waals surface area contributed by atoms with Gasteiger partial charge in [-0.15, -0.1) is 0 Å². The Morgan fingerprint density at radius 2 is 0.830 bits per heavy atom. The van der Waals surface area contributed by atoms with Crippen LogP contribution in [0, 0.1) is 0 Å². The van der Waals surface area contributed by atoms with Gasteiger partial charge in [-0.05, 0) is 89.2 Å². The smallest absolute Gasteiger partial charge is 0.200 e. The Morgan fingerprint density at radius 3 is 1.19 bits per heavy atom. The number of hydrogen-bond acceptors (Lipinski definition) is 6. The molecular weight excluding hydrogens is 584 g/mol. The first-order valence-electron chi connectivity index (χ1n) is 19.3. The van der Waals surface area contributed by atoms with Crippen molar-refractivity contribution in [2.45, 2.75) is 130 Å². The molecule has 47 heavy (non-hydrogen) atoms. The Kier molecular flexibility index (Phi) is 19.6. The summed E-state index contributed by atoms with van der Waals surface area (Å²) in [6, 6.07) is 11.2. The number of nitrogens with zero attached hydrogens (tertiary/aromatic N) is 2. The third kappa shape index (κ3) is 13.8. The molecule has 0 fully saturated rings. The second-order valence-corrected chi connectivity index (χ2v) is 13.1. The van der Waals surface area contributed by atoms with Gasteiger partial charge < -0.3 is 23.7 Å². The quantitative estimate of drug-likeness (QED) is 0.0576. The van der Waals surface area contributed by atoms with Crippen LogP contribution in [0.25, 0.3) is 21.9 Å². The minimum atomic E-state index is -0.0358. The molecule has 6 nitrogen and oxygen atoms in total. The normalized spacial score (nSPS) is 11.8. The van der Waals surface area contributed by atoms with Crippen molar-refractivity contribution in [1.82, 2.24) is 9.80 Å². The zero-order valence-corrected chi connectivity index (χ0v) is 30.5. The Morgan fingerprint density at radius 1 is 0.489 bits per heavy atom. The fourth-order valence-corrected chi connectivity index (χ4v) is 6.51. The highest BCUT2D eigenvalue weighted by atomic mass is 16.5. The summed E-state index contributed by atoms with van der Waals surface area (Å²) >= 11 is 0. The summed E-state index contributed by atoms with van der Waals surface area (Å²) in [5, 5.41) is 1.11. The Hall–Kier alpha value is -2.57. The Balaban J connectivity index is 1.38. The predicted molar refractivity (Wildman–Crippen MR) is 200 cm³/mol. The number of fused-ring (bicyclic) bond motifs is 2. The van der Waals surface area contributed by atoms with Crippen LogP contribution in [-0.2, 0) is 0 Å². The summed E-state index contributed by atoms with van der Waals surface area (Å²) in [5.74, 6) is 1.27. The molecule has 2 aromatic carbocycles. The maximum atomic E-state index is 13.4. The molecule has 0 amide bonds. The summed E-state index contributed by atoms with van der Waals surface area (Å²) in [4.78, 5) is 18.5. The molecule has 0 aliphatic rings. The highest BCUT2D eigenvalue weighted by Gasteiger charge is 2.15.